The van der Waals surface area contributed by atoms with Crippen LogP contribution in [0.1, 0.15) is 70.8 Å². The van der Waals surface area contributed by atoms with Crippen LogP contribution in [-0.2, 0) is 6.42 Å². The highest BCUT2D eigenvalue weighted by Crippen LogP contribution is 2.51. The third-order valence-corrected chi connectivity index (χ3v) is 10.3. The molecule has 0 aliphatic heterocycles. The van der Waals surface area contributed by atoms with Gasteiger partial charge in [0.05, 0.1) is 16.6 Å². The number of fused-ring (bicyclic) bond motifs is 9. The van der Waals surface area contributed by atoms with Crippen LogP contribution in [0.15, 0.2) is 66.7 Å². The average molecular weight is 489 g/mol. The van der Waals surface area contributed by atoms with Crippen molar-refractivity contribution in [1.29, 1.82) is 0 Å². The van der Waals surface area contributed by atoms with Crippen molar-refractivity contribution in [3.63, 3.8) is 0 Å². The minimum Gasteiger partial charge on any atom is -0.292 e. The second-order valence-electron chi connectivity index (χ2n) is 12.2. The van der Waals surface area contributed by atoms with Crippen molar-refractivity contribution in [2.75, 3.05) is 0 Å². The fourth-order valence-corrected chi connectivity index (χ4v) is 8.53. The molecule has 7 rings (SSSR count). The van der Waals surface area contributed by atoms with Crippen LogP contribution in [-0.4, -0.2) is 9.38 Å². The number of aromatic nitrogens is 2. The molecule has 0 N–H and O–H groups in total. The molecule has 0 radical (unpaired) electrons. The van der Waals surface area contributed by atoms with E-state index in [4.69, 9.17) is 4.98 Å². The second kappa shape index (κ2) is 9.46. The molecule has 2 saturated carbocycles. The van der Waals surface area contributed by atoms with Crippen molar-refractivity contribution in [3.8, 4) is 0 Å². The summed E-state index contributed by atoms with van der Waals surface area (Å²) >= 11 is 0. The maximum Gasteiger partial charge on any atom is 0.146 e. The molecule has 3 aromatic carbocycles. The molecule has 2 heteroatoms. The zero-order valence-corrected chi connectivity index (χ0v) is 22.5. The highest BCUT2D eigenvalue weighted by Gasteiger charge is 2.42. The molecule has 0 bridgehead atoms. The summed E-state index contributed by atoms with van der Waals surface area (Å²) in [4.78, 5) is 5.12. The maximum absolute atomic E-state index is 5.12. The number of rotatable bonds is 5. The van der Waals surface area contributed by atoms with Gasteiger partial charge in [-0.25, -0.2) is 4.98 Å². The fraction of sp³-hybridized carbons (Fsp3) is 0.457. The van der Waals surface area contributed by atoms with Gasteiger partial charge in [-0.3, -0.25) is 4.40 Å². The van der Waals surface area contributed by atoms with Gasteiger partial charge in [-0.1, -0.05) is 82.0 Å². The molecule has 37 heavy (non-hydrogen) atoms. The maximum atomic E-state index is 5.12. The van der Waals surface area contributed by atoms with Crippen molar-refractivity contribution in [1.82, 2.24) is 9.38 Å². The van der Waals surface area contributed by atoms with Crippen molar-refractivity contribution in [2.45, 2.75) is 71.6 Å². The molecule has 5 atom stereocenters. The van der Waals surface area contributed by atoms with Gasteiger partial charge in [-0.05, 0) is 96.9 Å². The van der Waals surface area contributed by atoms with Gasteiger partial charge in [0, 0.05) is 10.8 Å². The Morgan fingerprint density at radius 3 is 2.54 bits per heavy atom. The summed E-state index contributed by atoms with van der Waals surface area (Å²) in [6.07, 6.45) is 12.6. The first-order valence-electron chi connectivity index (χ1n) is 14.9. The predicted octanol–water partition coefficient (Wildman–Crippen LogP) is 9.61. The standard InChI is InChI=1S/C35H40N2/c1-3-25-20-18-23(2)27-14-9-12-26(34(25)27)11-8-10-24-19-21-28-29-13-4-6-16-32(29)37-33-17-7-5-15-31(33)36-35(37)30(28)22-24/h4-7,13,15-17,19,21-23,25-27,34H,3,8-12,14,18,20H2,1-2H3. The number of aryl methyl sites for hydroxylation is 1. The molecule has 2 nitrogen and oxygen atoms in total. The Bertz CT molecular complexity index is 1580. The van der Waals surface area contributed by atoms with E-state index in [2.05, 4.69) is 85.0 Å². The summed E-state index contributed by atoms with van der Waals surface area (Å²) < 4.78 is 2.37. The minimum absolute atomic E-state index is 0.943. The normalized spacial score (nSPS) is 26.3. The van der Waals surface area contributed by atoms with Gasteiger partial charge in [0.1, 0.15) is 5.65 Å². The zero-order valence-electron chi connectivity index (χ0n) is 22.5. The molecule has 0 saturated heterocycles. The molecule has 2 aliphatic carbocycles. The molecular weight excluding hydrogens is 448 g/mol. The number of nitrogens with zero attached hydrogens (tertiary/aromatic N) is 2. The second-order valence-corrected chi connectivity index (χ2v) is 12.2. The van der Waals surface area contributed by atoms with Crippen LogP contribution in [0.25, 0.3) is 38.4 Å². The lowest BCUT2D eigenvalue weighted by atomic mass is 9.56. The van der Waals surface area contributed by atoms with Gasteiger partial charge in [0.25, 0.3) is 0 Å². The van der Waals surface area contributed by atoms with Crippen LogP contribution >= 0.6 is 0 Å². The number of hydrogen-bond acceptors (Lipinski definition) is 1. The minimum atomic E-state index is 0.943. The lowest BCUT2D eigenvalue weighted by Gasteiger charge is -2.49. The lowest BCUT2D eigenvalue weighted by Crippen LogP contribution is -2.40. The highest BCUT2D eigenvalue weighted by atomic mass is 15.0. The molecule has 0 spiro atoms. The molecule has 5 unspecified atom stereocenters. The molecule has 2 aliphatic rings. The highest BCUT2D eigenvalue weighted by molar-refractivity contribution is 6.13. The number of pyridine rings is 1. The first kappa shape index (κ1) is 23.3. The lowest BCUT2D eigenvalue weighted by molar-refractivity contribution is 0.00666. The summed E-state index contributed by atoms with van der Waals surface area (Å²) in [5.41, 5.74) is 6.07. The van der Waals surface area contributed by atoms with Crippen LogP contribution in [0, 0.1) is 29.6 Å². The Labute approximate surface area is 221 Å². The van der Waals surface area contributed by atoms with Crippen molar-refractivity contribution in [3.05, 3.63) is 72.3 Å². The summed E-state index contributed by atoms with van der Waals surface area (Å²) in [5, 5.41) is 3.92. The molecule has 2 fully saturated rings. The van der Waals surface area contributed by atoms with Crippen LogP contribution in [0.3, 0.4) is 0 Å². The molecule has 5 aromatic rings. The van der Waals surface area contributed by atoms with E-state index < -0.39 is 0 Å². The van der Waals surface area contributed by atoms with Crippen molar-refractivity contribution in [2.24, 2.45) is 29.6 Å². The monoisotopic (exact) mass is 488 g/mol. The third kappa shape index (κ3) is 3.87. The van der Waals surface area contributed by atoms with E-state index in [1.807, 2.05) is 0 Å². The van der Waals surface area contributed by atoms with E-state index in [0.29, 0.717) is 0 Å². The van der Waals surface area contributed by atoms with E-state index in [0.717, 1.165) is 40.8 Å². The average Bonchev–Trinajstić information content (AvgIpc) is 3.34. The fourth-order valence-electron chi connectivity index (χ4n) is 8.53. The Morgan fingerprint density at radius 2 is 1.65 bits per heavy atom. The first-order chi connectivity index (χ1) is 18.2. The zero-order chi connectivity index (χ0) is 24.9. The Hall–Kier alpha value is -2.87. The van der Waals surface area contributed by atoms with Gasteiger partial charge >= 0.3 is 0 Å². The van der Waals surface area contributed by atoms with Gasteiger partial charge in [0.2, 0.25) is 0 Å². The van der Waals surface area contributed by atoms with Gasteiger partial charge in [-0.2, -0.15) is 0 Å². The third-order valence-electron chi connectivity index (χ3n) is 10.3. The van der Waals surface area contributed by atoms with Crippen LogP contribution < -0.4 is 0 Å². The molecule has 2 heterocycles. The van der Waals surface area contributed by atoms with E-state index in [-0.39, 0.29) is 0 Å². The summed E-state index contributed by atoms with van der Waals surface area (Å²) in [5.74, 6) is 4.85. The van der Waals surface area contributed by atoms with Crippen LogP contribution in [0.4, 0.5) is 0 Å². The smallest absolute Gasteiger partial charge is 0.146 e. The Balaban J connectivity index is 1.20. The predicted molar refractivity (Wildman–Crippen MR) is 157 cm³/mol. The summed E-state index contributed by atoms with van der Waals surface area (Å²) in [6.45, 7) is 4.99. The Kier molecular flexibility index (Phi) is 5.95. The quantitative estimate of drug-likeness (QED) is 0.225. The Morgan fingerprint density at radius 1 is 0.811 bits per heavy atom. The molecular formula is C35H40N2. The van der Waals surface area contributed by atoms with Gasteiger partial charge in [-0.15, -0.1) is 0 Å². The number of benzene rings is 3. The van der Waals surface area contributed by atoms with Crippen LogP contribution in [0.5, 0.6) is 0 Å². The first-order valence-corrected chi connectivity index (χ1v) is 14.9. The molecule has 0 amide bonds. The summed E-state index contributed by atoms with van der Waals surface area (Å²) in [7, 11) is 0. The summed E-state index contributed by atoms with van der Waals surface area (Å²) in [6, 6.07) is 24.5. The van der Waals surface area contributed by atoms with E-state index in [1.54, 1.807) is 0 Å². The number of imidazole rings is 1. The van der Waals surface area contributed by atoms with Crippen LogP contribution in [0.2, 0.25) is 0 Å². The van der Waals surface area contributed by atoms with Crippen molar-refractivity contribution >= 4 is 38.4 Å². The van der Waals surface area contributed by atoms with E-state index >= 15 is 0 Å². The SMILES string of the molecule is CCC1CCC(C)C2CCCC(CCCc3ccc4c5ccccc5n5c6ccccc6nc5c4c3)C12. The van der Waals surface area contributed by atoms with Crippen molar-refractivity contribution < 1.29 is 0 Å². The van der Waals surface area contributed by atoms with Gasteiger partial charge in [0.15, 0.2) is 0 Å². The number of para-hydroxylation sites is 3. The topological polar surface area (TPSA) is 17.3 Å². The molecule has 2 aromatic heterocycles. The van der Waals surface area contributed by atoms with Gasteiger partial charge < -0.3 is 0 Å². The number of hydrogen-bond donors (Lipinski definition) is 0. The van der Waals surface area contributed by atoms with E-state index in [9.17, 15) is 0 Å². The molecule has 190 valence electrons. The van der Waals surface area contributed by atoms with E-state index in [1.165, 1.54) is 90.5 Å². The largest absolute Gasteiger partial charge is 0.292 e.